The summed E-state index contributed by atoms with van der Waals surface area (Å²) in [4.78, 5) is 17.0. The highest BCUT2D eigenvalue weighted by Gasteiger charge is 2.29. The number of carbonyl (C=O) groups excluding carboxylic acids is 1. The molecule has 1 amide bonds. The van der Waals surface area contributed by atoms with E-state index >= 15 is 0 Å². The van der Waals surface area contributed by atoms with Gasteiger partial charge in [-0.3, -0.25) is 4.79 Å². The van der Waals surface area contributed by atoms with E-state index in [1.54, 1.807) is 0 Å². The van der Waals surface area contributed by atoms with Crippen LogP contribution >= 0.6 is 0 Å². The molecule has 1 saturated heterocycles. The molecule has 5 nitrogen and oxygen atoms in total. The molecule has 0 radical (unpaired) electrons. The standard InChI is InChI=1S/C15H21N3O2/c1-11-10-17(2)7-8-18(11)15(19)12-4-3-5-13-14(12)20-9-6-16-13/h3-5,11,16H,6-10H2,1-2H3. The lowest BCUT2D eigenvalue weighted by Gasteiger charge is -2.38. The monoisotopic (exact) mass is 275 g/mol. The fraction of sp³-hybridized carbons (Fsp3) is 0.533. The highest BCUT2D eigenvalue weighted by molar-refractivity contribution is 5.99. The van der Waals surface area contributed by atoms with Gasteiger partial charge in [-0.2, -0.15) is 0 Å². The number of para-hydroxylation sites is 1. The number of benzene rings is 1. The van der Waals surface area contributed by atoms with Crippen LogP contribution in [0.5, 0.6) is 5.75 Å². The lowest BCUT2D eigenvalue weighted by molar-refractivity contribution is 0.0529. The third-order valence-corrected chi connectivity index (χ3v) is 4.00. The number of hydrogen-bond acceptors (Lipinski definition) is 4. The van der Waals surface area contributed by atoms with Gasteiger partial charge in [0.1, 0.15) is 6.61 Å². The minimum absolute atomic E-state index is 0.0751. The van der Waals surface area contributed by atoms with Gasteiger partial charge in [-0.25, -0.2) is 0 Å². The molecule has 1 aromatic rings. The molecule has 0 aliphatic carbocycles. The predicted octanol–water partition coefficient (Wildman–Crippen LogP) is 1.27. The Morgan fingerprint density at radius 3 is 3.05 bits per heavy atom. The van der Waals surface area contributed by atoms with E-state index < -0.39 is 0 Å². The van der Waals surface area contributed by atoms with Crippen molar-refractivity contribution in [3.05, 3.63) is 23.8 Å². The van der Waals surface area contributed by atoms with Crippen LogP contribution in [0.2, 0.25) is 0 Å². The number of hydrogen-bond donors (Lipinski definition) is 1. The SMILES string of the molecule is CC1CN(C)CCN1C(=O)c1cccc2c1OCCN2. The fourth-order valence-electron chi connectivity index (χ4n) is 2.94. The maximum Gasteiger partial charge on any atom is 0.258 e. The summed E-state index contributed by atoms with van der Waals surface area (Å²) < 4.78 is 5.70. The van der Waals surface area contributed by atoms with Crippen molar-refractivity contribution in [1.82, 2.24) is 9.80 Å². The largest absolute Gasteiger partial charge is 0.489 e. The van der Waals surface area contributed by atoms with Crippen molar-refractivity contribution >= 4 is 11.6 Å². The van der Waals surface area contributed by atoms with E-state index in [1.165, 1.54) is 0 Å². The van der Waals surface area contributed by atoms with Crippen LogP contribution in [0.15, 0.2) is 18.2 Å². The normalized spacial score (nSPS) is 22.7. The molecule has 0 aromatic heterocycles. The molecular formula is C15H21N3O2. The maximum atomic E-state index is 12.8. The number of nitrogens with one attached hydrogen (secondary N) is 1. The topological polar surface area (TPSA) is 44.8 Å². The summed E-state index contributed by atoms with van der Waals surface area (Å²) in [5.41, 5.74) is 1.59. The lowest BCUT2D eigenvalue weighted by Crippen LogP contribution is -2.52. The van der Waals surface area contributed by atoms with Crippen molar-refractivity contribution in [3.63, 3.8) is 0 Å². The Balaban J connectivity index is 1.87. The first-order chi connectivity index (χ1) is 9.66. The van der Waals surface area contributed by atoms with Crippen LogP contribution in [0.3, 0.4) is 0 Å². The Hall–Kier alpha value is -1.75. The van der Waals surface area contributed by atoms with Gasteiger partial charge < -0.3 is 19.9 Å². The Bertz CT molecular complexity index is 518. The van der Waals surface area contributed by atoms with E-state index in [1.807, 2.05) is 23.1 Å². The van der Waals surface area contributed by atoms with Crippen molar-refractivity contribution in [2.24, 2.45) is 0 Å². The third-order valence-electron chi connectivity index (χ3n) is 4.00. The molecule has 3 rings (SSSR count). The predicted molar refractivity (Wildman–Crippen MR) is 78.4 cm³/mol. The molecule has 1 aromatic carbocycles. The number of ether oxygens (including phenoxy) is 1. The van der Waals surface area contributed by atoms with Crippen molar-refractivity contribution in [3.8, 4) is 5.75 Å². The molecular weight excluding hydrogens is 254 g/mol. The van der Waals surface area contributed by atoms with E-state index in [4.69, 9.17) is 4.74 Å². The summed E-state index contributed by atoms with van der Waals surface area (Å²) in [5.74, 6) is 0.779. The maximum absolute atomic E-state index is 12.8. The molecule has 0 saturated carbocycles. The quantitative estimate of drug-likeness (QED) is 0.838. The molecule has 2 heterocycles. The zero-order chi connectivity index (χ0) is 14.1. The highest BCUT2D eigenvalue weighted by atomic mass is 16.5. The Kier molecular flexibility index (Phi) is 3.53. The molecule has 1 unspecified atom stereocenters. The highest BCUT2D eigenvalue weighted by Crippen LogP contribution is 2.32. The average Bonchev–Trinajstić information content (AvgIpc) is 2.46. The number of likely N-dealkylation sites (N-methyl/N-ethyl adjacent to an activating group) is 1. The number of piperazine rings is 1. The molecule has 5 heteroatoms. The first-order valence-corrected chi connectivity index (χ1v) is 7.16. The minimum Gasteiger partial charge on any atom is -0.489 e. The van der Waals surface area contributed by atoms with Crippen molar-refractivity contribution in [2.75, 3.05) is 45.2 Å². The van der Waals surface area contributed by atoms with Crippen LogP contribution in [0.25, 0.3) is 0 Å². The Morgan fingerprint density at radius 1 is 1.40 bits per heavy atom. The van der Waals surface area contributed by atoms with Gasteiger partial charge in [0.15, 0.2) is 5.75 Å². The van der Waals surface area contributed by atoms with E-state index in [0.29, 0.717) is 17.9 Å². The molecule has 0 spiro atoms. The second-order valence-electron chi connectivity index (χ2n) is 5.57. The van der Waals surface area contributed by atoms with Crippen LogP contribution < -0.4 is 10.1 Å². The van der Waals surface area contributed by atoms with Crippen LogP contribution in [0.4, 0.5) is 5.69 Å². The number of carbonyl (C=O) groups is 1. The summed E-state index contributed by atoms with van der Waals surface area (Å²) >= 11 is 0. The number of fused-ring (bicyclic) bond motifs is 1. The molecule has 0 bridgehead atoms. The van der Waals surface area contributed by atoms with Crippen LogP contribution in [-0.4, -0.2) is 61.6 Å². The first kappa shape index (κ1) is 13.2. The smallest absolute Gasteiger partial charge is 0.258 e. The fourth-order valence-corrected chi connectivity index (χ4v) is 2.94. The van der Waals surface area contributed by atoms with E-state index in [-0.39, 0.29) is 11.9 Å². The summed E-state index contributed by atoms with van der Waals surface area (Å²) in [5, 5.41) is 3.28. The summed E-state index contributed by atoms with van der Waals surface area (Å²) in [7, 11) is 2.09. The summed E-state index contributed by atoms with van der Waals surface area (Å²) in [6, 6.07) is 5.96. The van der Waals surface area contributed by atoms with Gasteiger partial charge in [0.2, 0.25) is 0 Å². The van der Waals surface area contributed by atoms with Gasteiger partial charge in [0.05, 0.1) is 11.3 Å². The molecule has 2 aliphatic rings. The van der Waals surface area contributed by atoms with Gasteiger partial charge >= 0.3 is 0 Å². The van der Waals surface area contributed by atoms with Crippen LogP contribution in [-0.2, 0) is 0 Å². The van der Waals surface area contributed by atoms with Gasteiger partial charge in [0, 0.05) is 32.2 Å². The summed E-state index contributed by atoms with van der Waals surface area (Å²) in [6.07, 6.45) is 0. The second kappa shape index (κ2) is 5.32. The number of rotatable bonds is 1. The van der Waals surface area contributed by atoms with Gasteiger partial charge in [-0.1, -0.05) is 6.07 Å². The average molecular weight is 275 g/mol. The van der Waals surface area contributed by atoms with E-state index in [2.05, 4.69) is 24.2 Å². The Labute approximate surface area is 119 Å². The second-order valence-corrected chi connectivity index (χ2v) is 5.57. The first-order valence-electron chi connectivity index (χ1n) is 7.16. The van der Waals surface area contributed by atoms with E-state index in [9.17, 15) is 4.79 Å². The third kappa shape index (κ3) is 2.33. The Morgan fingerprint density at radius 2 is 2.25 bits per heavy atom. The van der Waals surface area contributed by atoms with Gasteiger partial charge in [0.25, 0.3) is 5.91 Å². The van der Waals surface area contributed by atoms with Gasteiger partial charge in [-0.05, 0) is 26.1 Å². The van der Waals surface area contributed by atoms with Crippen molar-refractivity contribution in [1.29, 1.82) is 0 Å². The van der Waals surface area contributed by atoms with Crippen molar-refractivity contribution in [2.45, 2.75) is 13.0 Å². The number of amides is 1. The van der Waals surface area contributed by atoms with Crippen LogP contribution in [0, 0.1) is 0 Å². The van der Waals surface area contributed by atoms with Crippen molar-refractivity contribution < 1.29 is 9.53 Å². The molecule has 1 fully saturated rings. The molecule has 2 aliphatic heterocycles. The zero-order valence-electron chi connectivity index (χ0n) is 12.1. The number of nitrogens with zero attached hydrogens (tertiary/aromatic N) is 2. The lowest BCUT2D eigenvalue weighted by atomic mass is 10.1. The molecule has 108 valence electrons. The molecule has 20 heavy (non-hydrogen) atoms. The minimum atomic E-state index is 0.0751. The number of anilines is 1. The molecule has 1 atom stereocenters. The zero-order valence-corrected chi connectivity index (χ0v) is 12.1. The summed E-state index contributed by atoms with van der Waals surface area (Å²) in [6.45, 7) is 6.10. The van der Waals surface area contributed by atoms with E-state index in [0.717, 1.165) is 31.9 Å². The van der Waals surface area contributed by atoms with Crippen LogP contribution in [0.1, 0.15) is 17.3 Å². The van der Waals surface area contributed by atoms with Gasteiger partial charge in [-0.15, -0.1) is 0 Å². The molecule has 1 N–H and O–H groups in total.